The summed E-state index contributed by atoms with van der Waals surface area (Å²) in [6.45, 7) is 4.92. The molecule has 0 radical (unpaired) electrons. The first kappa shape index (κ1) is 16.7. The maximum atomic E-state index is 12.4. The minimum absolute atomic E-state index is 0.00137. The Kier molecular flexibility index (Phi) is 5.61. The molecule has 0 bridgehead atoms. The number of amides is 1. The summed E-state index contributed by atoms with van der Waals surface area (Å²) in [5.74, 6) is 0.00137. The lowest BCUT2D eigenvalue weighted by atomic mass is 10.3. The number of nitrogens with zero attached hydrogens (tertiary/aromatic N) is 3. The van der Waals surface area contributed by atoms with Gasteiger partial charge in [0.15, 0.2) is 0 Å². The summed E-state index contributed by atoms with van der Waals surface area (Å²) in [6, 6.07) is 7.94. The van der Waals surface area contributed by atoms with Gasteiger partial charge in [-0.2, -0.15) is 0 Å². The molecule has 6 nitrogen and oxygen atoms in total. The highest BCUT2D eigenvalue weighted by Gasteiger charge is 2.25. The quantitative estimate of drug-likeness (QED) is 0.811. The molecule has 0 fully saturated rings. The van der Waals surface area contributed by atoms with Crippen LogP contribution in [-0.2, 0) is 34.0 Å². The monoisotopic (exact) mass is 329 g/mol. The minimum atomic E-state index is -0.0653. The maximum Gasteiger partial charge on any atom is 0.249 e. The molecule has 0 spiro atoms. The van der Waals surface area contributed by atoms with Gasteiger partial charge < -0.3 is 18.9 Å². The summed E-state index contributed by atoms with van der Waals surface area (Å²) in [6.07, 6.45) is 5.52. The van der Waals surface area contributed by atoms with E-state index in [4.69, 9.17) is 9.47 Å². The number of ether oxygens (including phenoxy) is 2. The van der Waals surface area contributed by atoms with Crippen LogP contribution in [0.5, 0.6) is 0 Å². The van der Waals surface area contributed by atoms with Crippen LogP contribution in [0.25, 0.3) is 0 Å². The predicted octanol–water partition coefficient (Wildman–Crippen LogP) is 1.85. The zero-order valence-electron chi connectivity index (χ0n) is 13.9. The van der Waals surface area contributed by atoms with E-state index in [9.17, 15) is 4.79 Å². The lowest BCUT2D eigenvalue weighted by molar-refractivity contribution is -0.138. The van der Waals surface area contributed by atoms with Crippen LogP contribution in [0, 0.1) is 0 Å². The topological polar surface area (TPSA) is 56.6 Å². The Morgan fingerprint density at radius 3 is 3.04 bits per heavy atom. The van der Waals surface area contributed by atoms with Gasteiger partial charge in [0.2, 0.25) is 5.91 Å². The van der Waals surface area contributed by atoms with E-state index in [1.165, 1.54) is 0 Å². The number of carbonyl (C=O) groups is 1. The first-order valence-corrected chi connectivity index (χ1v) is 8.26. The normalized spacial score (nSPS) is 17.4. The van der Waals surface area contributed by atoms with Gasteiger partial charge in [0, 0.05) is 37.4 Å². The first-order valence-electron chi connectivity index (χ1n) is 8.26. The van der Waals surface area contributed by atoms with Gasteiger partial charge in [-0.1, -0.05) is 6.07 Å². The number of aromatic nitrogens is 2. The van der Waals surface area contributed by atoms with E-state index in [-0.39, 0.29) is 18.6 Å². The van der Waals surface area contributed by atoms with Gasteiger partial charge in [-0.3, -0.25) is 9.78 Å². The molecule has 2 aromatic heterocycles. The summed E-state index contributed by atoms with van der Waals surface area (Å²) in [4.78, 5) is 18.3. The van der Waals surface area contributed by atoms with Crippen molar-refractivity contribution >= 4 is 5.91 Å². The third-order valence-corrected chi connectivity index (χ3v) is 4.09. The molecule has 2 aromatic rings. The Labute approximate surface area is 142 Å². The van der Waals surface area contributed by atoms with Gasteiger partial charge in [0.1, 0.15) is 6.61 Å². The van der Waals surface area contributed by atoms with Crippen LogP contribution in [0.15, 0.2) is 42.9 Å². The molecule has 128 valence electrons. The summed E-state index contributed by atoms with van der Waals surface area (Å²) >= 11 is 0. The van der Waals surface area contributed by atoms with Crippen LogP contribution in [0.4, 0.5) is 0 Å². The highest BCUT2D eigenvalue weighted by Crippen LogP contribution is 2.16. The highest BCUT2D eigenvalue weighted by atomic mass is 16.5. The smallest absolute Gasteiger partial charge is 0.249 e. The van der Waals surface area contributed by atoms with Crippen molar-refractivity contribution in [3.05, 3.63) is 54.1 Å². The van der Waals surface area contributed by atoms with E-state index in [2.05, 4.69) is 9.55 Å². The molecule has 0 aromatic carbocycles. The van der Waals surface area contributed by atoms with Crippen molar-refractivity contribution in [3.8, 4) is 0 Å². The summed E-state index contributed by atoms with van der Waals surface area (Å²) in [7, 11) is 0. The van der Waals surface area contributed by atoms with Crippen LogP contribution >= 0.6 is 0 Å². The second-order valence-electron chi connectivity index (χ2n) is 5.86. The molecule has 0 saturated heterocycles. The molecule has 6 heteroatoms. The standard InChI is InChI=1S/C18H23N3O3/c1-2-23-14-18(22)21-10-16-6-4-8-20(16)11-17(12-21)24-13-15-5-3-7-19-9-15/h3-9,17H,2,10-14H2,1H3. The number of carbonyl (C=O) groups excluding carboxylic acids is 1. The Bertz CT molecular complexity index is 657. The van der Waals surface area contributed by atoms with Crippen molar-refractivity contribution < 1.29 is 14.3 Å². The maximum absolute atomic E-state index is 12.4. The van der Waals surface area contributed by atoms with Crippen molar-refractivity contribution in [3.63, 3.8) is 0 Å². The lowest BCUT2D eigenvalue weighted by Gasteiger charge is -2.24. The van der Waals surface area contributed by atoms with Crippen LogP contribution in [-0.4, -0.2) is 46.2 Å². The van der Waals surface area contributed by atoms with Crippen molar-refractivity contribution in [2.75, 3.05) is 19.8 Å². The molecule has 0 saturated carbocycles. The molecular weight excluding hydrogens is 306 g/mol. The average Bonchev–Trinajstić information content (AvgIpc) is 2.96. The number of hydrogen-bond acceptors (Lipinski definition) is 4. The van der Waals surface area contributed by atoms with E-state index < -0.39 is 0 Å². The largest absolute Gasteiger partial charge is 0.372 e. The number of hydrogen-bond donors (Lipinski definition) is 0. The Morgan fingerprint density at radius 2 is 2.25 bits per heavy atom. The van der Waals surface area contributed by atoms with Crippen LogP contribution in [0.1, 0.15) is 18.2 Å². The van der Waals surface area contributed by atoms with Crippen molar-refractivity contribution in [1.29, 1.82) is 0 Å². The Hall–Kier alpha value is -2.18. The molecular formula is C18H23N3O3. The molecule has 3 heterocycles. The van der Waals surface area contributed by atoms with Gasteiger partial charge in [0.25, 0.3) is 0 Å². The Balaban J connectivity index is 1.68. The molecule has 1 unspecified atom stereocenters. The van der Waals surface area contributed by atoms with Gasteiger partial charge >= 0.3 is 0 Å². The fourth-order valence-electron chi connectivity index (χ4n) is 2.83. The average molecular weight is 329 g/mol. The number of rotatable bonds is 6. The van der Waals surface area contributed by atoms with E-state index >= 15 is 0 Å². The van der Waals surface area contributed by atoms with Crippen LogP contribution in [0.3, 0.4) is 0 Å². The summed E-state index contributed by atoms with van der Waals surface area (Å²) < 4.78 is 13.5. The van der Waals surface area contributed by atoms with Crippen LogP contribution in [0.2, 0.25) is 0 Å². The number of pyridine rings is 1. The molecule has 1 aliphatic heterocycles. The molecule has 0 N–H and O–H groups in total. The lowest BCUT2D eigenvalue weighted by Crippen LogP contribution is -2.39. The first-order chi connectivity index (χ1) is 11.8. The third-order valence-electron chi connectivity index (χ3n) is 4.09. The zero-order valence-corrected chi connectivity index (χ0v) is 13.9. The minimum Gasteiger partial charge on any atom is -0.372 e. The third kappa shape index (κ3) is 4.21. The second kappa shape index (κ2) is 8.08. The fraction of sp³-hybridized carbons (Fsp3) is 0.444. The highest BCUT2D eigenvalue weighted by molar-refractivity contribution is 5.77. The van der Waals surface area contributed by atoms with E-state index in [0.29, 0.717) is 26.3 Å². The van der Waals surface area contributed by atoms with Crippen molar-refractivity contribution in [2.24, 2.45) is 0 Å². The molecule has 0 aliphatic carbocycles. The Morgan fingerprint density at radius 1 is 1.33 bits per heavy atom. The van der Waals surface area contributed by atoms with Gasteiger partial charge in [-0.15, -0.1) is 0 Å². The zero-order chi connectivity index (χ0) is 16.8. The van der Waals surface area contributed by atoms with Crippen molar-refractivity contribution in [2.45, 2.75) is 32.7 Å². The summed E-state index contributed by atoms with van der Waals surface area (Å²) in [5, 5.41) is 0. The summed E-state index contributed by atoms with van der Waals surface area (Å²) in [5.41, 5.74) is 2.15. The van der Waals surface area contributed by atoms with E-state index in [0.717, 1.165) is 17.8 Å². The second-order valence-corrected chi connectivity index (χ2v) is 5.86. The molecule has 3 rings (SSSR count). The molecule has 1 aliphatic rings. The van der Waals surface area contributed by atoms with Gasteiger partial charge in [0.05, 0.1) is 25.8 Å². The van der Waals surface area contributed by atoms with Gasteiger partial charge in [-0.25, -0.2) is 0 Å². The molecule has 1 amide bonds. The SMILES string of the molecule is CCOCC(=O)N1Cc2cccn2CC(OCc2cccnc2)C1. The van der Waals surface area contributed by atoms with E-state index in [1.54, 1.807) is 12.4 Å². The number of fused-ring (bicyclic) bond motifs is 1. The van der Waals surface area contributed by atoms with Crippen LogP contribution < -0.4 is 0 Å². The molecule has 1 atom stereocenters. The van der Waals surface area contributed by atoms with Gasteiger partial charge in [-0.05, 0) is 30.7 Å². The molecule has 24 heavy (non-hydrogen) atoms. The van der Waals surface area contributed by atoms with Crippen molar-refractivity contribution in [1.82, 2.24) is 14.5 Å². The van der Waals surface area contributed by atoms with E-state index in [1.807, 2.05) is 42.3 Å². The predicted molar refractivity (Wildman–Crippen MR) is 89.2 cm³/mol. The fourth-order valence-corrected chi connectivity index (χ4v) is 2.83.